The third-order valence-electron chi connectivity index (χ3n) is 5.01. The molecule has 4 nitrogen and oxygen atoms in total. The lowest BCUT2D eigenvalue weighted by Gasteiger charge is -2.12. The molecular formula is C24H29N3O. The summed E-state index contributed by atoms with van der Waals surface area (Å²) in [5.74, 6) is 0.289. The number of aryl methyl sites for hydroxylation is 4. The van der Waals surface area contributed by atoms with Gasteiger partial charge < -0.3 is 5.32 Å². The first-order valence-corrected chi connectivity index (χ1v) is 9.79. The summed E-state index contributed by atoms with van der Waals surface area (Å²) in [4.78, 5) is 12.9. The number of hydrogen-bond acceptors (Lipinski definition) is 2. The minimum absolute atomic E-state index is 0.0998. The Bertz CT molecular complexity index is 1010. The number of benzene rings is 2. The molecule has 3 rings (SSSR count). The van der Waals surface area contributed by atoms with E-state index in [-0.39, 0.29) is 5.91 Å². The van der Waals surface area contributed by atoms with Crippen molar-refractivity contribution in [3.63, 3.8) is 0 Å². The number of carbonyl (C=O) groups excluding carboxylic acids is 1. The number of aromatic nitrogens is 2. The van der Waals surface area contributed by atoms with Crippen molar-refractivity contribution in [3.05, 3.63) is 70.4 Å². The summed E-state index contributed by atoms with van der Waals surface area (Å²) in [6.07, 6.45) is 0. The summed E-state index contributed by atoms with van der Waals surface area (Å²) in [6.45, 7) is 13.1. The van der Waals surface area contributed by atoms with Crippen LogP contribution in [0.1, 0.15) is 46.6 Å². The highest BCUT2D eigenvalue weighted by Gasteiger charge is 2.19. The van der Waals surface area contributed by atoms with Crippen molar-refractivity contribution in [2.45, 2.75) is 41.5 Å². The zero-order valence-electron chi connectivity index (χ0n) is 17.6. The van der Waals surface area contributed by atoms with E-state index < -0.39 is 0 Å². The van der Waals surface area contributed by atoms with Crippen molar-refractivity contribution >= 4 is 5.91 Å². The molecule has 0 atom stereocenters. The Morgan fingerprint density at radius 1 is 0.964 bits per heavy atom. The molecule has 0 radical (unpaired) electrons. The monoisotopic (exact) mass is 375 g/mol. The molecule has 0 saturated carbocycles. The van der Waals surface area contributed by atoms with Gasteiger partial charge in [0.15, 0.2) is 0 Å². The molecule has 0 aliphatic rings. The van der Waals surface area contributed by atoms with E-state index in [4.69, 9.17) is 5.10 Å². The number of carbonyl (C=O) groups is 1. The van der Waals surface area contributed by atoms with Crippen molar-refractivity contribution in [1.82, 2.24) is 15.1 Å². The van der Waals surface area contributed by atoms with E-state index in [2.05, 4.69) is 76.3 Å². The van der Waals surface area contributed by atoms with Gasteiger partial charge in [-0.15, -0.1) is 0 Å². The molecule has 2 aromatic carbocycles. The van der Waals surface area contributed by atoms with E-state index in [1.165, 1.54) is 11.1 Å². The molecule has 0 aliphatic heterocycles. The van der Waals surface area contributed by atoms with Crippen LogP contribution >= 0.6 is 0 Å². The second-order valence-corrected chi connectivity index (χ2v) is 8.02. The average molecular weight is 376 g/mol. The highest BCUT2D eigenvalue weighted by Crippen LogP contribution is 2.25. The van der Waals surface area contributed by atoms with Gasteiger partial charge in [0.05, 0.1) is 11.4 Å². The summed E-state index contributed by atoms with van der Waals surface area (Å²) < 4.78 is 1.78. The topological polar surface area (TPSA) is 46.9 Å². The maximum absolute atomic E-state index is 12.9. The second-order valence-electron chi connectivity index (χ2n) is 8.02. The quantitative estimate of drug-likeness (QED) is 0.670. The van der Waals surface area contributed by atoms with Gasteiger partial charge in [-0.3, -0.25) is 4.79 Å². The third-order valence-corrected chi connectivity index (χ3v) is 5.01. The molecule has 146 valence electrons. The molecule has 0 unspecified atom stereocenters. The SMILES string of the molecule is Cc1ccc(C)c(-n2nc(-c3ccc(C)c(C)c3)cc2C(=O)NCC(C)C)c1. The highest BCUT2D eigenvalue weighted by atomic mass is 16.2. The Hall–Kier alpha value is -2.88. The van der Waals surface area contributed by atoms with E-state index in [1.807, 2.05) is 13.0 Å². The number of nitrogens with zero attached hydrogens (tertiary/aromatic N) is 2. The number of hydrogen-bond donors (Lipinski definition) is 1. The number of nitrogens with one attached hydrogen (secondary N) is 1. The largest absolute Gasteiger partial charge is 0.350 e. The van der Waals surface area contributed by atoms with Gasteiger partial charge >= 0.3 is 0 Å². The molecule has 0 aliphatic carbocycles. The van der Waals surface area contributed by atoms with E-state index in [9.17, 15) is 4.79 Å². The fraction of sp³-hybridized carbons (Fsp3) is 0.333. The standard InChI is InChI=1S/C24H29N3O/c1-15(2)14-25-24(28)23-13-21(20-10-9-17(4)19(6)12-20)26-27(23)22-11-16(3)7-8-18(22)5/h7-13,15H,14H2,1-6H3,(H,25,28). The first kappa shape index (κ1) is 19.9. The fourth-order valence-corrected chi connectivity index (χ4v) is 3.10. The van der Waals surface area contributed by atoms with Gasteiger partial charge in [0, 0.05) is 12.1 Å². The molecular weight excluding hydrogens is 346 g/mol. The molecule has 0 fully saturated rings. The van der Waals surface area contributed by atoms with Crippen molar-refractivity contribution in [2.24, 2.45) is 5.92 Å². The Labute approximate surface area is 167 Å². The second kappa shape index (κ2) is 8.01. The zero-order valence-corrected chi connectivity index (χ0v) is 17.6. The van der Waals surface area contributed by atoms with Crippen LogP contribution in [0.4, 0.5) is 0 Å². The molecule has 4 heteroatoms. The van der Waals surface area contributed by atoms with Gasteiger partial charge in [-0.1, -0.05) is 38.1 Å². The van der Waals surface area contributed by atoms with Crippen molar-refractivity contribution in [1.29, 1.82) is 0 Å². The number of amides is 1. The van der Waals surface area contributed by atoms with E-state index in [0.29, 0.717) is 18.2 Å². The maximum Gasteiger partial charge on any atom is 0.270 e. The van der Waals surface area contributed by atoms with Crippen LogP contribution in [0.2, 0.25) is 0 Å². The van der Waals surface area contributed by atoms with Crippen LogP contribution in [0.3, 0.4) is 0 Å². The van der Waals surface area contributed by atoms with Gasteiger partial charge in [-0.2, -0.15) is 5.10 Å². The van der Waals surface area contributed by atoms with Crippen LogP contribution in [0.25, 0.3) is 16.9 Å². The predicted molar refractivity (Wildman–Crippen MR) is 115 cm³/mol. The highest BCUT2D eigenvalue weighted by molar-refractivity contribution is 5.94. The average Bonchev–Trinajstić information content (AvgIpc) is 3.09. The minimum Gasteiger partial charge on any atom is -0.350 e. The van der Waals surface area contributed by atoms with Gasteiger partial charge in [-0.25, -0.2) is 4.68 Å². The Morgan fingerprint density at radius 3 is 2.36 bits per heavy atom. The molecule has 28 heavy (non-hydrogen) atoms. The number of rotatable bonds is 5. The Balaban J connectivity index is 2.12. The zero-order chi connectivity index (χ0) is 20.4. The molecule has 1 amide bonds. The summed E-state index contributed by atoms with van der Waals surface area (Å²) in [6, 6.07) is 14.4. The lowest BCUT2D eigenvalue weighted by molar-refractivity contribution is 0.0941. The van der Waals surface area contributed by atoms with Crippen LogP contribution in [0, 0.1) is 33.6 Å². The van der Waals surface area contributed by atoms with Crippen LogP contribution in [0.15, 0.2) is 42.5 Å². The first-order chi connectivity index (χ1) is 13.3. The summed E-state index contributed by atoms with van der Waals surface area (Å²) in [5, 5.41) is 7.86. The smallest absolute Gasteiger partial charge is 0.270 e. The molecule has 1 heterocycles. The van der Waals surface area contributed by atoms with Gasteiger partial charge in [0.2, 0.25) is 0 Å². The summed E-state index contributed by atoms with van der Waals surface area (Å²) in [5.41, 5.74) is 7.99. The lowest BCUT2D eigenvalue weighted by atomic mass is 10.0. The molecule has 1 aromatic heterocycles. The first-order valence-electron chi connectivity index (χ1n) is 9.79. The molecule has 3 aromatic rings. The van der Waals surface area contributed by atoms with Gasteiger partial charge in [0.25, 0.3) is 5.91 Å². The molecule has 0 spiro atoms. The predicted octanol–water partition coefficient (Wildman–Crippen LogP) is 5.16. The summed E-state index contributed by atoms with van der Waals surface area (Å²) >= 11 is 0. The Kier molecular flexibility index (Phi) is 5.68. The van der Waals surface area contributed by atoms with Crippen molar-refractivity contribution in [3.8, 4) is 16.9 Å². The normalized spacial score (nSPS) is 11.1. The minimum atomic E-state index is -0.0998. The lowest BCUT2D eigenvalue weighted by Crippen LogP contribution is -2.29. The maximum atomic E-state index is 12.9. The summed E-state index contributed by atoms with van der Waals surface area (Å²) in [7, 11) is 0. The third kappa shape index (κ3) is 4.16. The van der Waals surface area contributed by atoms with Crippen LogP contribution in [0.5, 0.6) is 0 Å². The van der Waals surface area contributed by atoms with Crippen molar-refractivity contribution < 1.29 is 4.79 Å². The van der Waals surface area contributed by atoms with Gasteiger partial charge in [-0.05, 0) is 74.1 Å². The molecule has 0 bridgehead atoms. The molecule has 0 saturated heterocycles. The Morgan fingerprint density at radius 2 is 1.68 bits per heavy atom. The molecule has 1 N–H and O–H groups in total. The van der Waals surface area contributed by atoms with Crippen LogP contribution < -0.4 is 5.32 Å². The fourth-order valence-electron chi connectivity index (χ4n) is 3.10. The van der Waals surface area contributed by atoms with E-state index in [1.54, 1.807) is 4.68 Å². The van der Waals surface area contributed by atoms with Gasteiger partial charge in [0.1, 0.15) is 5.69 Å². The van der Waals surface area contributed by atoms with Crippen molar-refractivity contribution in [2.75, 3.05) is 6.54 Å². The van der Waals surface area contributed by atoms with E-state index in [0.717, 1.165) is 28.1 Å². The van der Waals surface area contributed by atoms with Crippen LogP contribution in [-0.4, -0.2) is 22.2 Å². The van der Waals surface area contributed by atoms with Crippen LogP contribution in [-0.2, 0) is 0 Å². The van der Waals surface area contributed by atoms with E-state index >= 15 is 0 Å².